The van der Waals surface area contributed by atoms with Crippen molar-refractivity contribution in [2.45, 2.75) is 26.3 Å². The zero-order valence-electron chi connectivity index (χ0n) is 19.5. The zero-order valence-corrected chi connectivity index (χ0v) is 19.5. The highest BCUT2D eigenvalue weighted by Gasteiger charge is 2.17. The van der Waals surface area contributed by atoms with E-state index in [1.807, 2.05) is 36.8 Å². The summed E-state index contributed by atoms with van der Waals surface area (Å²) in [6.45, 7) is 8.04. The van der Waals surface area contributed by atoms with Gasteiger partial charge in [0.1, 0.15) is 17.1 Å². The zero-order chi connectivity index (χ0) is 23.5. The van der Waals surface area contributed by atoms with Gasteiger partial charge < -0.3 is 24.6 Å². The predicted octanol–water partition coefficient (Wildman–Crippen LogP) is 3.67. The molecule has 176 valence electrons. The van der Waals surface area contributed by atoms with Crippen molar-refractivity contribution in [3.05, 3.63) is 54.5 Å². The van der Waals surface area contributed by atoms with Crippen LogP contribution in [-0.4, -0.2) is 62.5 Å². The van der Waals surface area contributed by atoms with Crippen molar-refractivity contribution in [2.75, 3.05) is 43.1 Å². The first-order chi connectivity index (χ1) is 16.6. The first-order valence-electron chi connectivity index (χ1n) is 11.6. The summed E-state index contributed by atoms with van der Waals surface area (Å²) in [4.78, 5) is 21.2. The Hall–Kier alpha value is -3.72. The van der Waals surface area contributed by atoms with Crippen molar-refractivity contribution in [1.82, 2.24) is 24.5 Å². The third-order valence-electron chi connectivity index (χ3n) is 5.96. The van der Waals surface area contributed by atoms with E-state index >= 15 is 0 Å². The summed E-state index contributed by atoms with van der Waals surface area (Å²) >= 11 is 0. The van der Waals surface area contributed by atoms with Gasteiger partial charge in [0.15, 0.2) is 17.3 Å². The third-order valence-corrected chi connectivity index (χ3v) is 5.96. The molecular weight excluding hydrogens is 430 g/mol. The van der Waals surface area contributed by atoms with Crippen LogP contribution >= 0.6 is 0 Å². The maximum atomic E-state index is 9.50. The van der Waals surface area contributed by atoms with Gasteiger partial charge in [0, 0.05) is 37.4 Å². The molecular formula is C25H29N7O2. The molecule has 0 atom stereocenters. The smallest absolute Gasteiger partial charge is 0.166 e. The standard InChI is InChI=1S/C25H29N7O2/c1-17(2)32-16-28-22-24(26-10-9-18-3-6-20(33)7-4-18)29-23(30-25(22)32)19-5-8-21(27-15-19)31-11-13-34-14-12-31/h3-8,15-17,33H,9-14H2,1-2H3,(H,26,29,30). The molecule has 0 amide bonds. The number of hydrogen-bond donors (Lipinski definition) is 2. The summed E-state index contributed by atoms with van der Waals surface area (Å²) < 4.78 is 7.50. The first kappa shape index (κ1) is 22.1. The van der Waals surface area contributed by atoms with Crippen molar-refractivity contribution in [3.63, 3.8) is 0 Å². The van der Waals surface area contributed by atoms with Crippen LogP contribution in [0.2, 0.25) is 0 Å². The van der Waals surface area contributed by atoms with Crippen molar-refractivity contribution >= 4 is 22.8 Å². The van der Waals surface area contributed by atoms with Crippen LogP contribution in [0.3, 0.4) is 0 Å². The number of pyridine rings is 1. The number of nitrogens with zero attached hydrogens (tertiary/aromatic N) is 6. The van der Waals surface area contributed by atoms with Crippen molar-refractivity contribution < 1.29 is 9.84 Å². The van der Waals surface area contributed by atoms with Crippen LogP contribution in [-0.2, 0) is 11.2 Å². The predicted molar refractivity (Wildman–Crippen MR) is 132 cm³/mol. The van der Waals surface area contributed by atoms with E-state index in [2.05, 4.69) is 38.6 Å². The molecule has 0 unspecified atom stereocenters. The largest absolute Gasteiger partial charge is 0.508 e. The fraction of sp³-hybridized carbons (Fsp3) is 0.360. The SMILES string of the molecule is CC(C)n1cnc2c(NCCc3ccc(O)cc3)nc(-c3ccc(N4CCOCC4)nc3)nc21. The van der Waals surface area contributed by atoms with Gasteiger partial charge in [0.25, 0.3) is 0 Å². The number of imidazole rings is 1. The number of nitrogens with one attached hydrogen (secondary N) is 1. The summed E-state index contributed by atoms with van der Waals surface area (Å²) in [5, 5.41) is 12.9. The normalized spacial score (nSPS) is 14.1. The first-order valence-corrected chi connectivity index (χ1v) is 11.6. The second-order valence-electron chi connectivity index (χ2n) is 8.66. The lowest BCUT2D eigenvalue weighted by Crippen LogP contribution is -2.36. The third kappa shape index (κ3) is 4.65. The number of hydrogen-bond acceptors (Lipinski definition) is 8. The van der Waals surface area contributed by atoms with E-state index in [9.17, 15) is 5.11 Å². The van der Waals surface area contributed by atoms with Gasteiger partial charge in [-0.05, 0) is 50.1 Å². The van der Waals surface area contributed by atoms with E-state index in [4.69, 9.17) is 14.7 Å². The Bertz CT molecular complexity index is 1250. The number of ether oxygens (including phenoxy) is 1. The second-order valence-corrected chi connectivity index (χ2v) is 8.66. The van der Waals surface area contributed by atoms with Gasteiger partial charge in [-0.1, -0.05) is 12.1 Å². The molecule has 34 heavy (non-hydrogen) atoms. The van der Waals surface area contributed by atoms with Crippen molar-refractivity contribution in [2.24, 2.45) is 0 Å². The lowest BCUT2D eigenvalue weighted by molar-refractivity contribution is 0.122. The number of rotatable bonds is 7. The minimum atomic E-state index is 0.222. The van der Waals surface area contributed by atoms with Crippen LogP contribution in [0.5, 0.6) is 5.75 Å². The molecule has 0 aliphatic carbocycles. The highest BCUT2D eigenvalue weighted by molar-refractivity contribution is 5.85. The Morgan fingerprint density at radius 3 is 2.53 bits per heavy atom. The van der Waals surface area contributed by atoms with E-state index in [0.717, 1.165) is 60.8 Å². The van der Waals surface area contributed by atoms with Gasteiger partial charge in [-0.15, -0.1) is 0 Å². The molecule has 3 aromatic heterocycles. The maximum absolute atomic E-state index is 9.50. The fourth-order valence-electron chi connectivity index (χ4n) is 4.03. The van der Waals surface area contributed by atoms with Crippen LogP contribution in [0.15, 0.2) is 48.9 Å². The van der Waals surface area contributed by atoms with Gasteiger partial charge >= 0.3 is 0 Å². The number of aromatic hydroxyl groups is 1. The summed E-state index contributed by atoms with van der Waals surface area (Å²) in [6, 6.07) is 11.5. The number of phenolic OH excluding ortho intramolecular Hbond substituents is 1. The average molecular weight is 460 g/mol. The molecule has 0 spiro atoms. The van der Waals surface area contributed by atoms with E-state index in [0.29, 0.717) is 18.2 Å². The fourth-order valence-corrected chi connectivity index (χ4v) is 4.03. The molecule has 0 saturated carbocycles. The Kier molecular flexibility index (Phi) is 6.27. The van der Waals surface area contributed by atoms with Gasteiger partial charge in [0.05, 0.1) is 19.5 Å². The molecule has 1 aromatic carbocycles. The molecule has 4 heterocycles. The Labute approximate surface area is 198 Å². The van der Waals surface area contributed by atoms with Gasteiger partial charge in [-0.3, -0.25) is 0 Å². The molecule has 1 fully saturated rings. The van der Waals surface area contributed by atoms with E-state index in [1.54, 1.807) is 12.1 Å². The molecule has 4 aromatic rings. The quantitative estimate of drug-likeness (QED) is 0.432. The lowest BCUT2D eigenvalue weighted by atomic mass is 10.1. The number of phenols is 1. The maximum Gasteiger partial charge on any atom is 0.166 e. The lowest BCUT2D eigenvalue weighted by Gasteiger charge is -2.27. The summed E-state index contributed by atoms with van der Waals surface area (Å²) in [5.41, 5.74) is 3.54. The van der Waals surface area contributed by atoms with E-state index < -0.39 is 0 Å². The molecule has 0 bridgehead atoms. The van der Waals surface area contributed by atoms with Crippen LogP contribution in [0.25, 0.3) is 22.6 Å². The van der Waals surface area contributed by atoms with Crippen LogP contribution < -0.4 is 10.2 Å². The van der Waals surface area contributed by atoms with E-state index in [-0.39, 0.29) is 11.8 Å². The van der Waals surface area contributed by atoms with Crippen LogP contribution in [0.1, 0.15) is 25.5 Å². The number of morpholine rings is 1. The molecule has 1 aliphatic heterocycles. The Balaban J connectivity index is 1.43. The van der Waals surface area contributed by atoms with Crippen molar-refractivity contribution in [1.29, 1.82) is 0 Å². The summed E-state index contributed by atoms with van der Waals surface area (Å²) in [6.07, 6.45) is 4.45. The number of aromatic nitrogens is 5. The molecule has 5 rings (SSSR count). The minimum absolute atomic E-state index is 0.222. The summed E-state index contributed by atoms with van der Waals surface area (Å²) in [5.74, 6) is 2.53. The molecule has 1 aliphatic rings. The highest BCUT2D eigenvalue weighted by Crippen LogP contribution is 2.26. The average Bonchev–Trinajstić information content (AvgIpc) is 3.30. The van der Waals surface area contributed by atoms with E-state index in [1.165, 1.54) is 0 Å². The molecule has 2 N–H and O–H groups in total. The van der Waals surface area contributed by atoms with Crippen molar-refractivity contribution in [3.8, 4) is 17.1 Å². The molecule has 9 heteroatoms. The second kappa shape index (κ2) is 9.64. The minimum Gasteiger partial charge on any atom is -0.508 e. The number of anilines is 2. The van der Waals surface area contributed by atoms with Crippen LogP contribution in [0, 0.1) is 0 Å². The number of benzene rings is 1. The molecule has 0 radical (unpaired) electrons. The molecule has 9 nitrogen and oxygen atoms in total. The monoisotopic (exact) mass is 459 g/mol. The molecule has 1 saturated heterocycles. The van der Waals surface area contributed by atoms with Gasteiger partial charge in [0.2, 0.25) is 0 Å². The Morgan fingerprint density at radius 2 is 1.82 bits per heavy atom. The van der Waals surface area contributed by atoms with Gasteiger partial charge in [-0.25, -0.2) is 19.9 Å². The summed E-state index contributed by atoms with van der Waals surface area (Å²) in [7, 11) is 0. The highest BCUT2D eigenvalue weighted by atomic mass is 16.5. The number of fused-ring (bicyclic) bond motifs is 1. The Morgan fingerprint density at radius 1 is 1.03 bits per heavy atom. The topological polar surface area (TPSA) is 101 Å². The van der Waals surface area contributed by atoms with Gasteiger partial charge in [-0.2, -0.15) is 0 Å². The van der Waals surface area contributed by atoms with Crippen LogP contribution in [0.4, 0.5) is 11.6 Å².